The van der Waals surface area contributed by atoms with E-state index >= 15 is 0 Å². The van der Waals surface area contributed by atoms with E-state index in [-0.39, 0.29) is 12.5 Å². The number of hydrogen-bond donors (Lipinski definition) is 0. The van der Waals surface area contributed by atoms with Crippen LogP contribution in [0.25, 0.3) is 0 Å². The van der Waals surface area contributed by atoms with Gasteiger partial charge in [0.05, 0.1) is 18.5 Å². The first-order chi connectivity index (χ1) is 8.07. The number of nitrogens with zero attached hydrogens (tertiary/aromatic N) is 2. The fraction of sp³-hybridized carbons (Fsp3) is 0.417. The first kappa shape index (κ1) is 13.2. The summed E-state index contributed by atoms with van der Waals surface area (Å²) in [6, 6.07) is 3.48. The molecule has 92 valence electrons. The van der Waals surface area contributed by atoms with Crippen LogP contribution < -0.4 is 4.90 Å². The Morgan fingerprint density at radius 2 is 2.24 bits per heavy atom. The van der Waals surface area contributed by atoms with Crippen molar-refractivity contribution in [2.45, 2.75) is 13.8 Å². The van der Waals surface area contributed by atoms with Crippen LogP contribution in [0.2, 0.25) is 0 Å². The van der Waals surface area contributed by atoms with Crippen LogP contribution in [0.15, 0.2) is 24.5 Å². The lowest BCUT2D eigenvalue weighted by Gasteiger charge is -2.20. The Labute approximate surface area is 100 Å². The Morgan fingerprint density at radius 1 is 1.53 bits per heavy atom. The molecule has 0 aliphatic carbocycles. The fourth-order valence-corrected chi connectivity index (χ4v) is 1.34. The quantitative estimate of drug-likeness (QED) is 0.583. The van der Waals surface area contributed by atoms with E-state index in [0.29, 0.717) is 5.69 Å². The van der Waals surface area contributed by atoms with Crippen LogP contribution in [0.4, 0.5) is 5.69 Å². The van der Waals surface area contributed by atoms with Crippen LogP contribution in [0.1, 0.15) is 13.8 Å². The molecule has 0 N–H and O–H groups in total. The summed E-state index contributed by atoms with van der Waals surface area (Å²) in [4.78, 5) is 28.7. The highest BCUT2D eigenvalue weighted by Crippen LogP contribution is 2.13. The van der Waals surface area contributed by atoms with Gasteiger partial charge in [-0.25, -0.2) is 0 Å². The predicted molar refractivity (Wildman–Crippen MR) is 63.4 cm³/mol. The maximum absolute atomic E-state index is 12.0. The molecule has 0 aliphatic heterocycles. The van der Waals surface area contributed by atoms with Crippen molar-refractivity contribution in [3.8, 4) is 0 Å². The second-order valence-electron chi connectivity index (χ2n) is 3.58. The summed E-state index contributed by atoms with van der Waals surface area (Å²) >= 11 is 0. The predicted octanol–water partition coefficient (Wildman–Crippen LogP) is 1.24. The number of pyridine rings is 1. The average molecular weight is 236 g/mol. The summed E-state index contributed by atoms with van der Waals surface area (Å²) in [6.45, 7) is 3.51. The summed E-state index contributed by atoms with van der Waals surface area (Å²) in [5.41, 5.74) is 0.647. The molecule has 5 heteroatoms. The van der Waals surface area contributed by atoms with Crippen LogP contribution in [0, 0.1) is 5.92 Å². The topological polar surface area (TPSA) is 59.5 Å². The van der Waals surface area contributed by atoms with Gasteiger partial charge >= 0.3 is 5.97 Å². The van der Waals surface area contributed by atoms with Crippen molar-refractivity contribution in [3.63, 3.8) is 0 Å². The minimum absolute atomic E-state index is 0.271. The number of hydrogen-bond acceptors (Lipinski definition) is 4. The average Bonchev–Trinajstić information content (AvgIpc) is 2.37. The summed E-state index contributed by atoms with van der Waals surface area (Å²) in [6.07, 6.45) is 3.19. The maximum Gasteiger partial charge on any atom is 0.318 e. The van der Waals surface area contributed by atoms with Gasteiger partial charge in [0.1, 0.15) is 5.92 Å². The molecule has 0 radical (unpaired) electrons. The van der Waals surface area contributed by atoms with Gasteiger partial charge in [-0.1, -0.05) is 0 Å². The molecule has 0 aromatic carbocycles. The van der Waals surface area contributed by atoms with Gasteiger partial charge in [-0.2, -0.15) is 0 Å². The minimum Gasteiger partial charge on any atom is -0.465 e. The summed E-state index contributed by atoms with van der Waals surface area (Å²) in [5.74, 6) is -1.62. The van der Waals surface area contributed by atoms with E-state index in [2.05, 4.69) is 4.98 Å². The highest BCUT2D eigenvalue weighted by molar-refractivity contribution is 6.05. The van der Waals surface area contributed by atoms with Crippen LogP contribution >= 0.6 is 0 Å². The molecule has 1 atom stereocenters. The summed E-state index contributed by atoms with van der Waals surface area (Å²) in [5, 5.41) is 0. The SMILES string of the molecule is CCOC(=O)C(C)C(=O)N(C)c1cccnc1. The second-order valence-corrected chi connectivity index (χ2v) is 3.58. The third-order valence-corrected chi connectivity index (χ3v) is 2.37. The normalized spacial score (nSPS) is 11.7. The van der Waals surface area contributed by atoms with Crippen LogP contribution in [0.5, 0.6) is 0 Å². The van der Waals surface area contributed by atoms with E-state index in [4.69, 9.17) is 4.74 Å². The molecular weight excluding hydrogens is 220 g/mol. The number of ether oxygens (including phenoxy) is 1. The third kappa shape index (κ3) is 3.27. The Balaban J connectivity index is 2.73. The van der Waals surface area contributed by atoms with E-state index < -0.39 is 11.9 Å². The van der Waals surface area contributed by atoms with Gasteiger partial charge in [0.25, 0.3) is 0 Å². The van der Waals surface area contributed by atoms with Gasteiger partial charge in [0.15, 0.2) is 0 Å². The number of carbonyl (C=O) groups excluding carboxylic acids is 2. The summed E-state index contributed by atoms with van der Waals surface area (Å²) in [7, 11) is 1.61. The first-order valence-electron chi connectivity index (χ1n) is 5.42. The molecule has 1 unspecified atom stereocenters. The van der Waals surface area contributed by atoms with Crippen molar-refractivity contribution in [2.75, 3.05) is 18.6 Å². The van der Waals surface area contributed by atoms with Gasteiger partial charge in [-0.05, 0) is 26.0 Å². The number of anilines is 1. The minimum atomic E-state index is -0.805. The van der Waals surface area contributed by atoms with Crippen molar-refractivity contribution in [1.82, 2.24) is 4.98 Å². The molecule has 1 aromatic rings. The van der Waals surface area contributed by atoms with Crippen molar-refractivity contribution < 1.29 is 14.3 Å². The molecule has 0 saturated carbocycles. The maximum atomic E-state index is 12.0. The standard InChI is InChI=1S/C12H16N2O3/c1-4-17-12(16)9(2)11(15)14(3)10-6-5-7-13-8-10/h5-9H,4H2,1-3H3. The highest BCUT2D eigenvalue weighted by Gasteiger charge is 2.26. The molecule has 0 aliphatic rings. The van der Waals surface area contributed by atoms with Gasteiger partial charge in [-0.15, -0.1) is 0 Å². The molecular formula is C12H16N2O3. The highest BCUT2D eigenvalue weighted by atomic mass is 16.5. The van der Waals surface area contributed by atoms with Crippen molar-refractivity contribution in [1.29, 1.82) is 0 Å². The molecule has 0 bridgehead atoms. The zero-order valence-corrected chi connectivity index (χ0v) is 10.2. The second kappa shape index (κ2) is 5.98. The van der Waals surface area contributed by atoms with Gasteiger partial charge < -0.3 is 9.64 Å². The van der Waals surface area contributed by atoms with Crippen molar-refractivity contribution >= 4 is 17.6 Å². The third-order valence-electron chi connectivity index (χ3n) is 2.37. The largest absolute Gasteiger partial charge is 0.465 e. The molecule has 0 saturated heterocycles. The van der Waals surface area contributed by atoms with Crippen molar-refractivity contribution in [3.05, 3.63) is 24.5 Å². The lowest BCUT2D eigenvalue weighted by molar-refractivity contribution is -0.150. The zero-order valence-electron chi connectivity index (χ0n) is 10.2. The number of carbonyl (C=O) groups is 2. The Hall–Kier alpha value is -1.91. The van der Waals surface area contributed by atoms with E-state index in [1.807, 2.05) is 0 Å². The lowest BCUT2D eigenvalue weighted by Crippen LogP contribution is -2.36. The molecule has 0 spiro atoms. The van der Waals surface area contributed by atoms with E-state index in [1.54, 1.807) is 38.5 Å². The van der Waals surface area contributed by atoms with Gasteiger partial charge in [0, 0.05) is 13.2 Å². The zero-order chi connectivity index (χ0) is 12.8. The molecule has 1 heterocycles. The smallest absolute Gasteiger partial charge is 0.318 e. The van der Waals surface area contributed by atoms with E-state index in [0.717, 1.165) is 0 Å². The van der Waals surface area contributed by atoms with E-state index in [9.17, 15) is 9.59 Å². The van der Waals surface area contributed by atoms with Crippen molar-refractivity contribution in [2.24, 2.45) is 5.92 Å². The molecule has 5 nitrogen and oxygen atoms in total. The Morgan fingerprint density at radius 3 is 2.76 bits per heavy atom. The number of esters is 1. The van der Waals surface area contributed by atoms with E-state index in [1.165, 1.54) is 11.8 Å². The fourth-order valence-electron chi connectivity index (χ4n) is 1.34. The van der Waals surface area contributed by atoms with Crippen LogP contribution in [0.3, 0.4) is 0 Å². The monoisotopic (exact) mass is 236 g/mol. The van der Waals surface area contributed by atoms with Gasteiger partial charge in [0.2, 0.25) is 5.91 Å². The Kier molecular flexibility index (Phi) is 4.63. The number of amides is 1. The molecule has 1 rings (SSSR count). The first-order valence-corrected chi connectivity index (χ1v) is 5.42. The molecule has 0 fully saturated rings. The summed E-state index contributed by atoms with van der Waals surface area (Å²) < 4.78 is 4.81. The number of rotatable bonds is 4. The number of aromatic nitrogens is 1. The molecule has 1 aromatic heterocycles. The molecule has 1 amide bonds. The van der Waals surface area contributed by atoms with Crippen LogP contribution in [-0.2, 0) is 14.3 Å². The lowest BCUT2D eigenvalue weighted by atomic mass is 10.1. The van der Waals surface area contributed by atoms with Gasteiger partial charge in [-0.3, -0.25) is 14.6 Å². The molecule has 17 heavy (non-hydrogen) atoms. The van der Waals surface area contributed by atoms with Crippen LogP contribution in [-0.4, -0.2) is 30.5 Å². The Bertz CT molecular complexity index is 392.